The fraction of sp³-hybridized carbons (Fsp3) is 0. The van der Waals surface area contributed by atoms with Crippen LogP contribution in [0.5, 0.6) is 0 Å². The van der Waals surface area contributed by atoms with E-state index in [0.717, 1.165) is 49.4 Å². The summed E-state index contributed by atoms with van der Waals surface area (Å²) in [6.07, 6.45) is 0. The summed E-state index contributed by atoms with van der Waals surface area (Å²) in [6, 6.07) is 50.7. The molecule has 2 nitrogen and oxygen atoms in total. The zero-order valence-electron chi connectivity index (χ0n) is 26.5. The Morgan fingerprint density at radius 3 is 1.84 bits per heavy atom. The van der Waals surface area contributed by atoms with Crippen LogP contribution in [0.4, 0.5) is 0 Å². The van der Waals surface area contributed by atoms with Crippen molar-refractivity contribution in [2.24, 2.45) is 0 Å². The highest BCUT2D eigenvalue weighted by Gasteiger charge is 2.20. The molecule has 0 atom stereocenters. The molecule has 0 aliphatic heterocycles. The minimum absolute atomic E-state index is 0.846. The van der Waals surface area contributed by atoms with Crippen molar-refractivity contribution in [2.45, 2.75) is 0 Å². The SMILES string of the molecule is c1ccc2c(c1)oc1ccc3c4ccc(-c5c6ccccc6c(-c6ccc7sc8ccc9ccsc9c8c7c6)c6ccccc56)cc4oc3c12. The Balaban J connectivity index is 1.13. The molecule has 4 heterocycles. The van der Waals surface area contributed by atoms with E-state index < -0.39 is 0 Å². The van der Waals surface area contributed by atoms with Crippen molar-refractivity contribution in [3.05, 3.63) is 145 Å². The average molecular weight is 673 g/mol. The maximum Gasteiger partial charge on any atom is 0.147 e. The monoisotopic (exact) mass is 672 g/mol. The number of fused-ring (bicyclic) bond motifs is 14. The van der Waals surface area contributed by atoms with E-state index in [-0.39, 0.29) is 0 Å². The summed E-state index contributed by atoms with van der Waals surface area (Å²) in [6.45, 7) is 0. The van der Waals surface area contributed by atoms with Gasteiger partial charge in [-0.05, 0) is 109 Å². The van der Waals surface area contributed by atoms with Gasteiger partial charge < -0.3 is 8.83 Å². The summed E-state index contributed by atoms with van der Waals surface area (Å²) in [5.74, 6) is 0. The topological polar surface area (TPSA) is 26.3 Å². The molecule has 4 heteroatoms. The standard InChI is InChI=1S/C46H24O2S2/c1-3-9-31-29(7-1)41(26-15-19-39-35(23-26)44-40(50-39)20-14-25-21-22-49-46(25)44)30-8-2-4-10-32(30)42(31)27-13-16-28-33-17-18-37-43(45(33)48-38(28)24-27)34-11-5-6-12-36(34)47-37/h1-24H. The minimum atomic E-state index is 0.846. The first-order valence-corrected chi connectivity index (χ1v) is 18.5. The van der Waals surface area contributed by atoms with Crippen molar-refractivity contribution in [3.63, 3.8) is 0 Å². The highest BCUT2D eigenvalue weighted by Crippen LogP contribution is 2.48. The molecule has 0 bridgehead atoms. The molecule has 0 spiro atoms. The highest BCUT2D eigenvalue weighted by molar-refractivity contribution is 7.27. The van der Waals surface area contributed by atoms with Crippen molar-refractivity contribution in [2.75, 3.05) is 0 Å². The smallest absolute Gasteiger partial charge is 0.147 e. The molecular formula is C46H24O2S2. The average Bonchev–Trinajstić information content (AvgIpc) is 3.95. The number of rotatable bonds is 2. The third kappa shape index (κ3) is 3.56. The lowest BCUT2D eigenvalue weighted by Gasteiger charge is -2.18. The van der Waals surface area contributed by atoms with E-state index in [4.69, 9.17) is 8.83 Å². The zero-order chi connectivity index (χ0) is 32.5. The highest BCUT2D eigenvalue weighted by atomic mass is 32.1. The fourth-order valence-electron chi connectivity index (χ4n) is 8.39. The van der Waals surface area contributed by atoms with Gasteiger partial charge in [0.15, 0.2) is 0 Å². The number of furan rings is 2. The summed E-state index contributed by atoms with van der Waals surface area (Å²) in [4.78, 5) is 0. The molecule has 8 aromatic carbocycles. The maximum absolute atomic E-state index is 6.75. The molecule has 12 aromatic rings. The molecule has 12 rings (SSSR count). The van der Waals surface area contributed by atoms with Crippen LogP contribution in [-0.4, -0.2) is 0 Å². The lowest BCUT2D eigenvalue weighted by molar-refractivity contribution is 0.663. The maximum atomic E-state index is 6.75. The van der Waals surface area contributed by atoms with Crippen LogP contribution in [0.1, 0.15) is 0 Å². The van der Waals surface area contributed by atoms with Gasteiger partial charge in [0.05, 0.1) is 5.39 Å². The molecule has 0 radical (unpaired) electrons. The van der Waals surface area contributed by atoms with E-state index in [1.165, 1.54) is 68.5 Å². The van der Waals surface area contributed by atoms with Crippen molar-refractivity contribution in [3.8, 4) is 22.3 Å². The normalized spacial score (nSPS) is 12.4. The first-order valence-electron chi connectivity index (χ1n) is 16.8. The molecule has 0 unspecified atom stereocenters. The number of para-hydroxylation sites is 1. The first-order chi connectivity index (χ1) is 24.8. The van der Waals surface area contributed by atoms with Crippen molar-refractivity contribution >= 4 is 118 Å². The summed E-state index contributed by atoms with van der Waals surface area (Å²) in [7, 11) is 0. The third-order valence-corrected chi connectivity index (χ3v) is 12.6. The van der Waals surface area contributed by atoms with Crippen LogP contribution < -0.4 is 0 Å². The van der Waals surface area contributed by atoms with Crippen LogP contribution in [0.3, 0.4) is 0 Å². The molecule has 0 aliphatic rings. The van der Waals surface area contributed by atoms with Crippen LogP contribution >= 0.6 is 22.7 Å². The van der Waals surface area contributed by atoms with Gasteiger partial charge in [-0.15, -0.1) is 22.7 Å². The number of thiophene rings is 2. The summed E-state index contributed by atoms with van der Waals surface area (Å²) < 4.78 is 17.0. The Bertz CT molecular complexity index is 3330. The molecule has 50 heavy (non-hydrogen) atoms. The van der Waals surface area contributed by atoms with Crippen molar-refractivity contribution in [1.82, 2.24) is 0 Å². The molecule has 0 N–H and O–H groups in total. The van der Waals surface area contributed by atoms with Gasteiger partial charge in [-0.3, -0.25) is 0 Å². The van der Waals surface area contributed by atoms with Gasteiger partial charge in [0.2, 0.25) is 0 Å². The summed E-state index contributed by atoms with van der Waals surface area (Å²) >= 11 is 3.73. The fourth-order valence-corrected chi connectivity index (χ4v) is 10.5. The number of benzene rings is 8. The first kappa shape index (κ1) is 26.9. The van der Waals surface area contributed by atoms with Crippen LogP contribution in [-0.2, 0) is 0 Å². The second-order valence-corrected chi connectivity index (χ2v) is 15.2. The predicted molar refractivity (Wildman–Crippen MR) is 215 cm³/mol. The lowest BCUT2D eigenvalue weighted by Crippen LogP contribution is -1.90. The second kappa shape index (κ2) is 9.82. The third-order valence-electron chi connectivity index (χ3n) is 10.5. The molecule has 0 saturated heterocycles. The molecule has 0 aliphatic carbocycles. The Morgan fingerprint density at radius 1 is 0.400 bits per heavy atom. The molecule has 4 aromatic heterocycles. The van der Waals surface area contributed by atoms with Gasteiger partial charge in [0.25, 0.3) is 0 Å². The summed E-state index contributed by atoms with van der Waals surface area (Å²) in [5.41, 5.74) is 8.36. The Morgan fingerprint density at radius 2 is 1.06 bits per heavy atom. The zero-order valence-corrected chi connectivity index (χ0v) is 28.1. The van der Waals surface area contributed by atoms with E-state index >= 15 is 0 Å². The van der Waals surface area contributed by atoms with Crippen LogP contribution in [0, 0.1) is 0 Å². The van der Waals surface area contributed by atoms with E-state index in [1.54, 1.807) is 0 Å². The van der Waals surface area contributed by atoms with Gasteiger partial charge in [-0.1, -0.05) is 84.9 Å². The molecule has 0 fully saturated rings. The minimum Gasteiger partial charge on any atom is -0.456 e. The predicted octanol–water partition coefficient (Wildman–Crippen LogP) is 14.7. The van der Waals surface area contributed by atoms with E-state index in [9.17, 15) is 0 Å². The van der Waals surface area contributed by atoms with Gasteiger partial charge in [-0.2, -0.15) is 0 Å². The van der Waals surface area contributed by atoms with Gasteiger partial charge in [0, 0.05) is 41.0 Å². The molecular weight excluding hydrogens is 649 g/mol. The lowest BCUT2D eigenvalue weighted by atomic mass is 9.85. The van der Waals surface area contributed by atoms with Crippen LogP contribution in [0.25, 0.3) is 118 Å². The van der Waals surface area contributed by atoms with E-state index in [0.29, 0.717) is 0 Å². The molecule has 0 saturated carbocycles. The second-order valence-electron chi connectivity index (χ2n) is 13.2. The van der Waals surface area contributed by atoms with Gasteiger partial charge in [0.1, 0.15) is 22.3 Å². The van der Waals surface area contributed by atoms with Crippen LogP contribution in [0.2, 0.25) is 0 Å². The van der Waals surface area contributed by atoms with Crippen molar-refractivity contribution in [1.29, 1.82) is 0 Å². The largest absolute Gasteiger partial charge is 0.456 e. The molecule has 232 valence electrons. The van der Waals surface area contributed by atoms with Gasteiger partial charge >= 0.3 is 0 Å². The van der Waals surface area contributed by atoms with Crippen molar-refractivity contribution < 1.29 is 8.83 Å². The Kier molecular flexibility index (Phi) is 5.29. The Hall–Kier alpha value is -5.94. The quantitative estimate of drug-likeness (QED) is 0.171. The van der Waals surface area contributed by atoms with Crippen LogP contribution in [0.15, 0.2) is 154 Å². The van der Waals surface area contributed by atoms with E-state index in [2.05, 4.69) is 133 Å². The number of hydrogen-bond donors (Lipinski definition) is 0. The summed E-state index contributed by atoms with van der Waals surface area (Å²) in [5, 5.41) is 15.5. The van der Waals surface area contributed by atoms with Gasteiger partial charge in [-0.25, -0.2) is 0 Å². The number of hydrogen-bond acceptors (Lipinski definition) is 4. The Labute approximate surface area is 293 Å². The van der Waals surface area contributed by atoms with E-state index in [1.807, 2.05) is 34.8 Å². The molecule has 0 amide bonds.